The third kappa shape index (κ3) is 5.52. The number of rotatable bonds is 9. The van der Waals surface area contributed by atoms with Crippen LogP contribution in [-0.4, -0.2) is 34.5 Å². The highest BCUT2D eigenvalue weighted by Gasteiger charge is 2.42. The molecule has 0 spiro atoms. The molecule has 0 bridgehead atoms. The van der Waals surface area contributed by atoms with E-state index < -0.39 is 0 Å². The van der Waals surface area contributed by atoms with Crippen molar-refractivity contribution in [1.82, 2.24) is 15.3 Å². The van der Waals surface area contributed by atoms with Crippen LogP contribution in [0.25, 0.3) is 17.5 Å². The van der Waals surface area contributed by atoms with Crippen LogP contribution in [-0.2, 0) is 4.79 Å². The number of aryl methyl sites for hydroxylation is 1. The topological polar surface area (TPSA) is 58.1 Å². The minimum Gasteiger partial charge on any atom is -0.352 e. The van der Waals surface area contributed by atoms with Gasteiger partial charge in [-0.05, 0) is 45.4 Å². The Morgan fingerprint density at radius 1 is 1.15 bits per heavy atom. The molecule has 5 heteroatoms. The van der Waals surface area contributed by atoms with Crippen molar-refractivity contribution in [1.29, 1.82) is 0 Å². The lowest BCUT2D eigenvalue weighted by atomic mass is 9.95. The highest BCUT2D eigenvalue weighted by Crippen LogP contribution is 2.39. The van der Waals surface area contributed by atoms with E-state index in [-0.39, 0.29) is 11.9 Å². The molecule has 33 heavy (non-hydrogen) atoms. The van der Waals surface area contributed by atoms with E-state index >= 15 is 0 Å². The standard InChI is InChI=1S/C28H36N4O/c1-4-12-24-20(3)29-26(22-13-8-6-9-14-22)31-27(24)32(19-5-2)25(21-17-18-21)28(33)30-23-15-10-7-11-16-23/h4-6,8-9,12-14,21,23,25H,2,7,10-11,15-19H2,1,3H3,(H,30,33)/b12-4+. The van der Waals surface area contributed by atoms with Gasteiger partial charge < -0.3 is 10.2 Å². The van der Waals surface area contributed by atoms with Gasteiger partial charge in [-0.2, -0.15) is 0 Å². The average Bonchev–Trinajstić information content (AvgIpc) is 3.66. The molecule has 5 nitrogen and oxygen atoms in total. The average molecular weight is 445 g/mol. The molecule has 2 aliphatic rings. The molecule has 174 valence electrons. The third-order valence-electron chi connectivity index (χ3n) is 6.70. The van der Waals surface area contributed by atoms with E-state index in [0.717, 1.165) is 48.3 Å². The van der Waals surface area contributed by atoms with Crippen molar-refractivity contribution in [3.05, 3.63) is 60.3 Å². The fourth-order valence-corrected chi connectivity index (χ4v) is 4.89. The molecule has 0 aliphatic heterocycles. The number of hydrogen-bond acceptors (Lipinski definition) is 4. The molecular weight excluding hydrogens is 408 g/mol. The summed E-state index contributed by atoms with van der Waals surface area (Å²) in [5.74, 6) is 1.99. The molecule has 1 aromatic heterocycles. The smallest absolute Gasteiger partial charge is 0.243 e. The molecule has 1 atom stereocenters. The highest BCUT2D eigenvalue weighted by molar-refractivity contribution is 5.87. The maximum absolute atomic E-state index is 13.6. The Balaban J connectivity index is 1.75. The van der Waals surface area contributed by atoms with Gasteiger partial charge in [0, 0.05) is 23.7 Å². The fourth-order valence-electron chi connectivity index (χ4n) is 4.89. The van der Waals surface area contributed by atoms with Crippen molar-refractivity contribution in [3.63, 3.8) is 0 Å². The molecule has 2 aromatic rings. The van der Waals surface area contributed by atoms with Gasteiger partial charge in [-0.3, -0.25) is 4.79 Å². The van der Waals surface area contributed by atoms with Gasteiger partial charge in [0.25, 0.3) is 0 Å². The van der Waals surface area contributed by atoms with E-state index in [1.54, 1.807) is 0 Å². The van der Waals surface area contributed by atoms with Crippen molar-refractivity contribution in [2.24, 2.45) is 5.92 Å². The molecule has 1 aromatic carbocycles. The van der Waals surface area contributed by atoms with Crippen molar-refractivity contribution >= 4 is 17.8 Å². The first-order valence-electron chi connectivity index (χ1n) is 12.4. The second-order valence-corrected chi connectivity index (χ2v) is 9.30. The number of amides is 1. The van der Waals surface area contributed by atoms with Gasteiger partial charge >= 0.3 is 0 Å². The van der Waals surface area contributed by atoms with Crippen LogP contribution in [0.5, 0.6) is 0 Å². The van der Waals surface area contributed by atoms with E-state index in [1.807, 2.05) is 56.3 Å². The Labute approximate surface area is 198 Å². The van der Waals surface area contributed by atoms with Gasteiger partial charge in [-0.1, -0.05) is 67.8 Å². The summed E-state index contributed by atoms with van der Waals surface area (Å²) in [6.07, 6.45) is 13.9. The highest BCUT2D eigenvalue weighted by atomic mass is 16.2. The van der Waals surface area contributed by atoms with Gasteiger partial charge in [0.1, 0.15) is 11.9 Å². The van der Waals surface area contributed by atoms with Crippen LogP contribution >= 0.6 is 0 Å². The van der Waals surface area contributed by atoms with Crippen molar-refractivity contribution in [2.75, 3.05) is 11.4 Å². The largest absolute Gasteiger partial charge is 0.352 e. The Morgan fingerprint density at radius 3 is 2.52 bits per heavy atom. The molecule has 2 aliphatic carbocycles. The molecule has 2 fully saturated rings. The molecule has 1 amide bonds. The molecule has 1 heterocycles. The molecule has 4 rings (SSSR count). The van der Waals surface area contributed by atoms with Crippen LogP contribution in [0.15, 0.2) is 49.1 Å². The molecular formula is C28H36N4O. The second-order valence-electron chi connectivity index (χ2n) is 9.30. The van der Waals surface area contributed by atoms with Gasteiger partial charge in [-0.25, -0.2) is 9.97 Å². The third-order valence-corrected chi connectivity index (χ3v) is 6.70. The number of carbonyl (C=O) groups excluding carboxylic acids is 1. The minimum absolute atomic E-state index is 0.134. The maximum Gasteiger partial charge on any atom is 0.243 e. The van der Waals surface area contributed by atoms with Crippen molar-refractivity contribution < 1.29 is 4.79 Å². The number of carbonyl (C=O) groups is 1. The van der Waals surface area contributed by atoms with Crippen LogP contribution < -0.4 is 10.2 Å². The van der Waals surface area contributed by atoms with E-state index in [9.17, 15) is 4.79 Å². The van der Waals surface area contributed by atoms with Crippen LogP contribution in [0.4, 0.5) is 5.82 Å². The Bertz CT molecular complexity index is 990. The number of anilines is 1. The lowest BCUT2D eigenvalue weighted by molar-refractivity contribution is -0.123. The maximum atomic E-state index is 13.6. The normalized spacial score (nSPS) is 17.6. The van der Waals surface area contributed by atoms with Gasteiger partial charge in [0.2, 0.25) is 5.91 Å². The number of hydrogen-bond donors (Lipinski definition) is 1. The Morgan fingerprint density at radius 2 is 1.88 bits per heavy atom. The zero-order valence-corrected chi connectivity index (χ0v) is 20.0. The van der Waals surface area contributed by atoms with Crippen molar-refractivity contribution in [2.45, 2.75) is 70.9 Å². The second kappa shape index (κ2) is 10.8. The number of benzene rings is 1. The fraction of sp³-hybridized carbons (Fsp3) is 0.464. The van der Waals surface area contributed by atoms with Crippen LogP contribution in [0.1, 0.15) is 63.1 Å². The number of allylic oxidation sites excluding steroid dienone is 1. The lowest BCUT2D eigenvalue weighted by Crippen LogP contribution is -2.52. The number of aromatic nitrogens is 2. The van der Waals surface area contributed by atoms with E-state index in [0.29, 0.717) is 24.3 Å². The SMILES string of the molecule is C=CCN(c1nc(-c2ccccc2)nc(C)c1/C=C/C)C(C(=O)NC1CCCCC1)C1CC1. The van der Waals surface area contributed by atoms with Crippen molar-refractivity contribution in [3.8, 4) is 11.4 Å². The van der Waals surface area contributed by atoms with Crippen LogP contribution in [0.3, 0.4) is 0 Å². The zero-order valence-electron chi connectivity index (χ0n) is 20.0. The predicted octanol–water partition coefficient (Wildman–Crippen LogP) is 5.71. The lowest BCUT2D eigenvalue weighted by Gasteiger charge is -2.34. The summed E-state index contributed by atoms with van der Waals surface area (Å²) in [7, 11) is 0. The van der Waals surface area contributed by atoms with Gasteiger partial charge in [0.15, 0.2) is 5.82 Å². The van der Waals surface area contributed by atoms with Crippen LogP contribution in [0.2, 0.25) is 0 Å². The van der Waals surface area contributed by atoms with Gasteiger partial charge in [0.05, 0.1) is 5.69 Å². The summed E-state index contributed by atoms with van der Waals surface area (Å²) in [5.41, 5.74) is 2.85. The van der Waals surface area contributed by atoms with E-state index in [4.69, 9.17) is 9.97 Å². The summed E-state index contributed by atoms with van der Waals surface area (Å²) in [6, 6.07) is 10.1. The molecule has 0 saturated heterocycles. The Kier molecular flexibility index (Phi) is 7.58. The minimum atomic E-state index is -0.244. The summed E-state index contributed by atoms with van der Waals surface area (Å²) >= 11 is 0. The Hall–Kier alpha value is -2.95. The molecule has 0 radical (unpaired) electrons. The van der Waals surface area contributed by atoms with E-state index in [1.165, 1.54) is 19.3 Å². The number of nitrogens with one attached hydrogen (secondary N) is 1. The summed E-state index contributed by atoms with van der Waals surface area (Å²) in [6.45, 7) is 8.59. The molecule has 1 N–H and O–H groups in total. The summed E-state index contributed by atoms with van der Waals surface area (Å²) in [4.78, 5) is 25.7. The summed E-state index contributed by atoms with van der Waals surface area (Å²) < 4.78 is 0. The first-order valence-corrected chi connectivity index (χ1v) is 12.4. The molecule has 1 unspecified atom stereocenters. The predicted molar refractivity (Wildman–Crippen MR) is 136 cm³/mol. The quantitative estimate of drug-likeness (QED) is 0.504. The zero-order chi connectivity index (χ0) is 23.2. The first kappa shape index (κ1) is 23.2. The van der Waals surface area contributed by atoms with Crippen LogP contribution in [0, 0.1) is 12.8 Å². The van der Waals surface area contributed by atoms with Gasteiger partial charge in [-0.15, -0.1) is 6.58 Å². The number of nitrogens with zero attached hydrogens (tertiary/aromatic N) is 3. The molecule has 2 saturated carbocycles. The monoisotopic (exact) mass is 444 g/mol. The van der Waals surface area contributed by atoms with E-state index in [2.05, 4.69) is 22.9 Å². The first-order chi connectivity index (χ1) is 16.1. The summed E-state index contributed by atoms with van der Waals surface area (Å²) in [5, 5.41) is 3.38.